The predicted octanol–water partition coefficient (Wildman–Crippen LogP) is 2.30. The van der Waals surface area contributed by atoms with Gasteiger partial charge in [-0.1, -0.05) is 6.07 Å². The molecular weight excluding hydrogens is 450 g/mol. The van der Waals surface area contributed by atoms with E-state index in [1.165, 1.54) is 27.8 Å². The first-order valence-electron chi connectivity index (χ1n) is 11.3. The minimum atomic E-state index is -1.11. The van der Waals surface area contributed by atoms with Gasteiger partial charge in [0.1, 0.15) is 29.0 Å². The second-order valence-corrected chi connectivity index (χ2v) is 8.82. The van der Waals surface area contributed by atoms with Crippen molar-refractivity contribution >= 4 is 16.9 Å². The minimum Gasteiger partial charge on any atom is -0.508 e. The molecule has 1 aliphatic rings. The zero-order valence-electron chi connectivity index (χ0n) is 19.2. The molecule has 10 heteroatoms. The van der Waals surface area contributed by atoms with Crippen LogP contribution in [-0.4, -0.2) is 59.0 Å². The van der Waals surface area contributed by atoms with Gasteiger partial charge in [0.2, 0.25) is 0 Å². The summed E-state index contributed by atoms with van der Waals surface area (Å²) in [5.74, 6) is 1.02. The Morgan fingerprint density at radius 2 is 1.86 bits per heavy atom. The van der Waals surface area contributed by atoms with Crippen molar-refractivity contribution < 1.29 is 19.7 Å². The van der Waals surface area contributed by atoms with Crippen LogP contribution >= 0.6 is 0 Å². The second kappa shape index (κ2) is 8.88. The number of ether oxygens (including phenoxy) is 1. The number of nitrogens with zero attached hydrogens (tertiary/aromatic N) is 5. The lowest BCUT2D eigenvalue weighted by atomic mass is 9.91. The highest BCUT2D eigenvalue weighted by atomic mass is 16.5. The maximum absolute atomic E-state index is 13.0. The Bertz CT molecular complexity index is 1430. The molecule has 0 unspecified atom stereocenters. The van der Waals surface area contributed by atoms with Gasteiger partial charge in [-0.25, -0.2) is 4.98 Å². The molecule has 10 nitrogen and oxygen atoms in total. The number of phenolic OH excluding ortho intramolecular Hbond substituents is 1. The van der Waals surface area contributed by atoms with E-state index in [2.05, 4.69) is 10.1 Å². The Morgan fingerprint density at radius 1 is 1.11 bits per heavy atom. The molecule has 0 atom stereocenters. The van der Waals surface area contributed by atoms with Gasteiger partial charge in [-0.05, 0) is 49.2 Å². The van der Waals surface area contributed by atoms with Gasteiger partial charge in [0, 0.05) is 31.8 Å². The molecule has 1 amide bonds. The van der Waals surface area contributed by atoms with Gasteiger partial charge in [-0.2, -0.15) is 5.10 Å². The van der Waals surface area contributed by atoms with Crippen LogP contribution in [0.25, 0.3) is 11.0 Å². The van der Waals surface area contributed by atoms with Gasteiger partial charge < -0.3 is 19.8 Å². The van der Waals surface area contributed by atoms with Gasteiger partial charge in [0.05, 0.1) is 18.3 Å². The number of carbonyl (C=O) groups is 1. The third-order valence-corrected chi connectivity index (χ3v) is 6.32. The van der Waals surface area contributed by atoms with Crippen molar-refractivity contribution in [2.45, 2.75) is 25.0 Å². The first kappa shape index (κ1) is 22.6. The summed E-state index contributed by atoms with van der Waals surface area (Å²) >= 11 is 0. The molecule has 1 aliphatic heterocycles. The largest absolute Gasteiger partial charge is 0.508 e. The predicted molar refractivity (Wildman–Crippen MR) is 127 cm³/mol. The van der Waals surface area contributed by atoms with Crippen LogP contribution in [0.15, 0.2) is 65.8 Å². The summed E-state index contributed by atoms with van der Waals surface area (Å²) in [5, 5.41) is 25.1. The topological polar surface area (TPSA) is 123 Å². The van der Waals surface area contributed by atoms with E-state index >= 15 is 0 Å². The quantitative estimate of drug-likeness (QED) is 0.454. The van der Waals surface area contributed by atoms with Crippen molar-refractivity contribution in [3.05, 3.63) is 77.0 Å². The molecule has 4 aromatic rings. The maximum Gasteiger partial charge on any atom is 0.264 e. The minimum absolute atomic E-state index is 0.104. The van der Waals surface area contributed by atoms with Crippen LogP contribution in [0.2, 0.25) is 0 Å². The number of fused-ring (bicyclic) bond motifs is 1. The number of benzene rings is 2. The summed E-state index contributed by atoms with van der Waals surface area (Å²) in [5.41, 5.74) is -0.349. The van der Waals surface area contributed by atoms with E-state index in [1.54, 1.807) is 54.4 Å². The molecule has 0 radical (unpaired) electrons. The Balaban J connectivity index is 1.21. The highest BCUT2D eigenvalue weighted by molar-refractivity contribution is 5.94. The molecule has 0 aliphatic carbocycles. The molecule has 3 heterocycles. The lowest BCUT2D eigenvalue weighted by Gasteiger charge is -2.38. The van der Waals surface area contributed by atoms with Crippen LogP contribution in [0.4, 0.5) is 0 Å². The van der Waals surface area contributed by atoms with Gasteiger partial charge >= 0.3 is 0 Å². The number of rotatable bonds is 5. The third-order valence-electron chi connectivity index (χ3n) is 6.32. The molecule has 35 heavy (non-hydrogen) atoms. The standard InChI is InChI=1S/C25H25N5O5/c1-28-22-21(14-27-28)24(33)30(16-26-22)15-25(34)9-11-29(12-10-25)23(32)17-5-7-19(8-6-17)35-20-4-2-3-18(31)13-20/h2-8,13-14,16,31,34H,9-12,15H2,1H3. The first-order chi connectivity index (χ1) is 16.8. The van der Waals surface area contributed by atoms with Crippen molar-refractivity contribution in [3.8, 4) is 17.2 Å². The van der Waals surface area contributed by atoms with Gasteiger partial charge in [-0.3, -0.25) is 18.8 Å². The van der Waals surface area contributed by atoms with E-state index < -0.39 is 5.60 Å². The van der Waals surface area contributed by atoms with Crippen molar-refractivity contribution in [1.29, 1.82) is 0 Å². The Kier molecular flexibility index (Phi) is 5.73. The van der Waals surface area contributed by atoms with Crippen LogP contribution < -0.4 is 10.3 Å². The first-order valence-corrected chi connectivity index (χ1v) is 11.3. The van der Waals surface area contributed by atoms with E-state index in [1.807, 2.05) is 0 Å². The van der Waals surface area contributed by atoms with Crippen LogP contribution in [0, 0.1) is 0 Å². The third kappa shape index (κ3) is 4.60. The summed E-state index contributed by atoms with van der Waals surface area (Å²) in [4.78, 5) is 31.7. The van der Waals surface area contributed by atoms with Crippen LogP contribution in [-0.2, 0) is 13.6 Å². The number of amides is 1. The lowest BCUT2D eigenvalue weighted by molar-refractivity contribution is -0.0299. The fourth-order valence-electron chi connectivity index (χ4n) is 4.31. The van der Waals surface area contributed by atoms with Gasteiger partial charge in [0.25, 0.3) is 11.5 Å². The summed E-state index contributed by atoms with van der Waals surface area (Å²) in [6, 6.07) is 13.3. The fourth-order valence-corrected chi connectivity index (χ4v) is 4.31. The number of aryl methyl sites for hydroxylation is 1. The number of hydrogen-bond acceptors (Lipinski definition) is 7. The molecule has 5 rings (SSSR count). The molecule has 2 aromatic heterocycles. The molecule has 1 saturated heterocycles. The van der Waals surface area contributed by atoms with Crippen molar-refractivity contribution in [2.24, 2.45) is 7.05 Å². The molecule has 2 aromatic carbocycles. The van der Waals surface area contributed by atoms with Crippen LogP contribution in [0.5, 0.6) is 17.2 Å². The van der Waals surface area contributed by atoms with Gasteiger partial charge in [-0.15, -0.1) is 0 Å². The molecule has 180 valence electrons. The van der Waals surface area contributed by atoms with E-state index in [-0.39, 0.29) is 23.8 Å². The number of aromatic nitrogens is 4. The summed E-state index contributed by atoms with van der Waals surface area (Å²) in [6.45, 7) is 0.842. The zero-order valence-corrected chi connectivity index (χ0v) is 19.2. The second-order valence-electron chi connectivity index (χ2n) is 8.82. The molecule has 0 spiro atoms. The molecular formula is C25H25N5O5. The number of likely N-dealkylation sites (tertiary alicyclic amines) is 1. The highest BCUT2D eigenvalue weighted by Crippen LogP contribution is 2.27. The normalized spacial score (nSPS) is 15.3. The van der Waals surface area contributed by atoms with Crippen LogP contribution in [0.1, 0.15) is 23.2 Å². The zero-order chi connectivity index (χ0) is 24.6. The van der Waals surface area contributed by atoms with Crippen molar-refractivity contribution in [2.75, 3.05) is 13.1 Å². The summed E-state index contributed by atoms with van der Waals surface area (Å²) in [7, 11) is 1.72. The number of hydrogen-bond donors (Lipinski definition) is 2. The van der Waals surface area contributed by atoms with Gasteiger partial charge in [0.15, 0.2) is 5.65 Å². The Labute approximate surface area is 200 Å². The highest BCUT2D eigenvalue weighted by Gasteiger charge is 2.35. The molecule has 0 saturated carbocycles. The number of carbonyl (C=O) groups excluding carboxylic acids is 1. The van der Waals surface area contributed by atoms with E-state index in [9.17, 15) is 19.8 Å². The molecule has 0 bridgehead atoms. The summed E-state index contributed by atoms with van der Waals surface area (Å²) < 4.78 is 8.65. The van der Waals surface area contributed by atoms with Crippen molar-refractivity contribution in [1.82, 2.24) is 24.2 Å². The smallest absolute Gasteiger partial charge is 0.264 e. The number of aromatic hydroxyl groups is 1. The monoisotopic (exact) mass is 475 g/mol. The molecule has 2 N–H and O–H groups in total. The van der Waals surface area contributed by atoms with Crippen molar-refractivity contribution in [3.63, 3.8) is 0 Å². The molecule has 1 fully saturated rings. The number of aliphatic hydroxyl groups is 1. The number of phenols is 1. The van der Waals surface area contributed by atoms with E-state index in [0.717, 1.165) is 0 Å². The lowest BCUT2D eigenvalue weighted by Crippen LogP contribution is -2.49. The number of piperidine rings is 1. The van der Waals surface area contributed by atoms with Crippen LogP contribution in [0.3, 0.4) is 0 Å². The maximum atomic E-state index is 13.0. The SMILES string of the molecule is Cn1ncc2c(=O)n(CC3(O)CCN(C(=O)c4ccc(Oc5cccc(O)c5)cc4)CC3)cnc21. The van der Waals surface area contributed by atoms with E-state index in [4.69, 9.17) is 4.74 Å². The Morgan fingerprint density at radius 3 is 2.57 bits per heavy atom. The fraction of sp³-hybridized carbons (Fsp3) is 0.280. The summed E-state index contributed by atoms with van der Waals surface area (Å²) in [6.07, 6.45) is 3.60. The average Bonchev–Trinajstić information content (AvgIpc) is 3.23. The van der Waals surface area contributed by atoms with E-state index in [0.29, 0.717) is 54.0 Å². The average molecular weight is 476 g/mol. The Hall–Kier alpha value is -4.18.